The number of ether oxygens (including phenoxy) is 1. The number of sulfonamides is 1. The topological polar surface area (TPSA) is 96.0 Å². The minimum absolute atomic E-state index is 0.0657. The fourth-order valence-corrected chi connectivity index (χ4v) is 6.77. The zero-order valence-electron chi connectivity index (χ0n) is 27.2. The lowest BCUT2D eigenvalue weighted by Gasteiger charge is -2.34. The second-order valence-corrected chi connectivity index (χ2v) is 14.0. The molecule has 49 heavy (non-hydrogen) atoms. The molecule has 0 saturated heterocycles. The van der Waals surface area contributed by atoms with E-state index in [9.17, 15) is 31.2 Å². The summed E-state index contributed by atoms with van der Waals surface area (Å²) in [6.07, 6.45) is -4.77. The molecule has 2 amide bonds. The molecule has 8 nitrogen and oxygen atoms in total. The summed E-state index contributed by atoms with van der Waals surface area (Å²) in [5.74, 6) is -0.768. The Labute approximate surface area is 289 Å². The maximum absolute atomic E-state index is 14.6. The first-order chi connectivity index (χ1) is 23.2. The van der Waals surface area contributed by atoms with Gasteiger partial charge in [0.25, 0.3) is 10.0 Å². The quantitative estimate of drug-likeness (QED) is 0.152. The van der Waals surface area contributed by atoms with Gasteiger partial charge in [-0.1, -0.05) is 86.1 Å². The van der Waals surface area contributed by atoms with Gasteiger partial charge in [0, 0.05) is 19.5 Å². The Bertz CT molecular complexity index is 1840. The Morgan fingerprint density at radius 2 is 1.51 bits per heavy atom. The number of benzene rings is 4. The van der Waals surface area contributed by atoms with Crippen LogP contribution in [0, 0.1) is 5.92 Å². The summed E-state index contributed by atoms with van der Waals surface area (Å²) in [5.41, 5.74) is -0.405. The van der Waals surface area contributed by atoms with Crippen molar-refractivity contribution < 1.29 is 35.9 Å². The van der Waals surface area contributed by atoms with Gasteiger partial charge < -0.3 is 15.0 Å². The minimum atomic E-state index is -4.83. The van der Waals surface area contributed by atoms with Crippen LogP contribution in [-0.2, 0) is 38.8 Å². The maximum atomic E-state index is 14.6. The molecule has 13 heteroatoms. The smallest absolute Gasteiger partial charge is 0.416 e. The molecule has 0 bridgehead atoms. The van der Waals surface area contributed by atoms with Crippen molar-refractivity contribution >= 4 is 39.1 Å². The fourth-order valence-electron chi connectivity index (χ4n) is 5.06. The van der Waals surface area contributed by atoms with Gasteiger partial charge in [-0.2, -0.15) is 13.2 Å². The summed E-state index contributed by atoms with van der Waals surface area (Å²) >= 11 is 6.38. The second kappa shape index (κ2) is 16.2. The van der Waals surface area contributed by atoms with Gasteiger partial charge in [-0.3, -0.25) is 13.9 Å². The minimum Gasteiger partial charge on any atom is -0.497 e. The van der Waals surface area contributed by atoms with Gasteiger partial charge in [-0.05, 0) is 59.5 Å². The Balaban J connectivity index is 1.87. The number of alkyl halides is 3. The predicted molar refractivity (Wildman–Crippen MR) is 183 cm³/mol. The highest BCUT2D eigenvalue weighted by molar-refractivity contribution is 7.92. The predicted octanol–water partition coefficient (Wildman–Crippen LogP) is 6.98. The maximum Gasteiger partial charge on any atom is 0.416 e. The molecule has 0 fully saturated rings. The third-order valence-corrected chi connectivity index (χ3v) is 9.69. The summed E-state index contributed by atoms with van der Waals surface area (Å²) in [4.78, 5) is 29.4. The third-order valence-electron chi connectivity index (χ3n) is 7.59. The van der Waals surface area contributed by atoms with Crippen LogP contribution in [0.1, 0.15) is 30.5 Å². The summed E-state index contributed by atoms with van der Waals surface area (Å²) in [6, 6.07) is 23.9. The highest BCUT2D eigenvalue weighted by Gasteiger charge is 2.37. The third kappa shape index (κ3) is 9.76. The molecule has 0 aliphatic rings. The number of nitrogens with zero attached hydrogens (tertiary/aromatic N) is 2. The Morgan fingerprint density at radius 3 is 2.12 bits per heavy atom. The van der Waals surface area contributed by atoms with E-state index in [1.54, 1.807) is 54.6 Å². The van der Waals surface area contributed by atoms with Gasteiger partial charge in [0.1, 0.15) is 18.3 Å². The molecule has 0 heterocycles. The van der Waals surface area contributed by atoms with Crippen LogP contribution in [0.3, 0.4) is 0 Å². The van der Waals surface area contributed by atoms with Gasteiger partial charge in [0.15, 0.2) is 0 Å². The van der Waals surface area contributed by atoms with E-state index in [0.717, 1.165) is 17.7 Å². The first kappa shape index (κ1) is 37.3. The summed E-state index contributed by atoms with van der Waals surface area (Å²) in [7, 11) is -3.19. The fraction of sp³-hybridized carbons (Fsp3) is 0.278. The first-order valence-electron chi connectivity index (χ1n) is 15.4. The van der Waals surface area contributed by atoms with Crippen molar-refractivity contribution in [1.29, 1.82) is 0 Å². The number of carbonyl (C=O) groups excluding carboxylic acids is 2. The number of halogens is 4. The summed E-state index contributed by atoms with van der Waals surface area (Å²) in [5, 5.41) is 2.56. The van der Waals surface area contributed by atoms with Gasteiger partial charge >= 0.3 is 6.18 Å². The number of anilines is 1. The van der Waals surface area contributed by atoms with E-state index in [1.165, 1.54) is 36.3 Å². The largest absolute Gasteiger partial charge is 0.497 e. The Kier molecular flexibility index (Phi) is 12.3. The molecule has 0 radical (unpaired) electrons. The van der Waals surface area contributed by atoms with Crippen LogP contribution in [0.15, 0.2) is 108 Å². The van der Waals surface area contributed by atoms with Gasteiger partial charge in [-0.15, -0.1) is 0 Å². The molecule has 260 valence electrons. The van der Waals surface area contributed by atoms with E-state index in [2.05, 4.69) is 5.32 Å². The average molecular weight is 716 g/mol. The molecule has 0 aliphatic carbocycles. The lowest BCUT2D eigenvalue weighted by Crippen LogP contribution is -2.53. The van der Waals surface area contributed by atoms with Crippen LogP contribution >= 0.6 is 11.6 Å². The van der Waals surface area contributed by atoms with Crippen molar-refractivity contribution in [2.24, 2.45) is 5.92 Å². The van der Waals surface area contributed by atoms with E-state index >= 15 is 0 Å². The van der Waals surface area contributed by atoms with Crippen LogP contribution in [0.2, 0.25) is 5.02 Å². The van der Waals surface area contributed by atoms with Crippen molar-refractivity contribution in [2.45, 2.75) is 43.9 Å². The monoisotopic (exact) mass is 715 g/mol. The molecule has 1 N–H and O–H groups in total. The lowest BCUT2D eigenvalue weighted by molar-refractivity contribution is -0.140. The number of nitrogens with one attached hydrogen (secondary N) is 1. The number of hydrogen-bond acceptors (Lipinski definition) is 5. The van der Waals surface area contributed by atoms with E-state index in [-0.39, 0.29) is 28.8 Å². The molecule has 0 aromatic heterocycles. The van der Waals surface area contributed by atoms with Crippen LogP contribution < -0.4 is 14.4 Å². The van der Waals surface area contributed by atoms with E-state index in [0.29, 0.717) is 28.2 Å². The number of hydrogen-bond donors (Lipinski definition) is 1. The molecule has 0 aliphatic heterocycles. The molecule has 4 aromatic carbocycles. The Morgan fingerprint density at radius 1 is 0.878 bits per heavy atom. The first-order valence-corrected chi connectivity index (χ1v) is 17.2. The summed E-state index contributed by atoms with van der Waals surface area (Å²) in [6.45, 7) is 3.01. The van der Waals surface area contributed by atoms with Crippen molar-refractivity contribution in [3.05, 3.63) is 125 Å². The van der Waals surface area contributed by atoms with Gasteiger partial charge in [0.05, 0.1) is 28.3 Å². The van der Waals surface area contributed by atoms with Crippen molar-refractivity contribution in [1.82, 2.24) is 10.2 Å². The Hall–Kier alpha value is -4.55. The molecular weight excluding hydrogens is 679 g/mol. The second-order valence-electron chi connectivity index (χ2n) is 11.7. The molecule has 4 rings (SSSR count). The molecule has 0 spiro atoms. The molecule has 1 atom stereocenters. The molecule has 1 unspecified atom stereocenters. The van der Waals surface area contributed by atoms with Gasteiger partial charge in [-0.25, -0.2) is 8.42 Å². The van der Waals surface area contributed by atoms with Gasteiger partial charge in [0.2, 0.25) is 11.8 Å². The molecular formula is C36H37ClF3N3O5S. The standard InChI is InChI=1S/C36H37ClF3N3O5S/c1-25(2)22-41-35(45)33(20-26-11-6-4-7-12-26)42(23-27-13-10-14-29(19-27)48-3)34(44)24-43(49(46,47)30-15-8-5-9-16-30)32-21-28(36(38,39)40)17-18-31(32)37/h4-19,21,25,33H,20,22-24H2,1-3H3,(H,41,45). The number of methoxy groups -OCH3 is 1. The number of amides is 2. The van der Waals surface area contributed by atoms with E-state index in [4.69, 9.17) is 16.3 Å². The highest BCUT2D eigenvalue weighted by atomic mass is 35.5. The SMILES string of the molecule is COc1cccc(CN(C(=O)CN(c2cc(C(F)(F)F)ccc2Cl)S(=O)(=O)c2ccccc2)C(Cc2ccccc2)C(=O)NCC(C)C)c1. The molecule has 4 aromatic rings. The van der Waals surface area contributed by atoms with Crippen molar-refractivity contribution in [3.63, 3.8) is 0 Å². The number of rotatable bonds is 14. The average Bonchev–Trinajstić information content (AvgIpc) is 3.08. The zero-order valence-corrected chi connectivity index (χ0v) is 28.7. The molecule has 0 saturated carbocycles. The normalized spacial score (nSPS) is 12.3. The van der Waals surface area contributed by atoms with Crippen LogP contribution in [-0.4, -0.2) is 51.4 Å². The van der Waals surface area contributed by atoms with Crippen LogP contribution in [0.25, 0.3) is 0 Å². The lowest BCUT2D eigenvalue weighted by atomic mass is 10.0. The van der Waals surface area contributed by atoms with Crippen molar-refractivity contribution in [2.75, 3.05) is 24.5 Å². The zero-order chi connectivity index (χ0) is 35.8. The van der Waals surface area contributed by atoms with E-state index in [1.807, 2.05) is 19.9 Å². The van der Waals surface area contributed by atoms with Crippen molar-refractivity contribution in [3.8, 4) is 5.75 Å². The van der Waals surface area contributed by atoms with Crippen LogP contribution in [0.4, 0.5) is 18.9 Å². The highest BCUT2D eigenvalue weighted by Crippen LogP contribution is 2.37. The van der Waals surface area contributed by atoms with Crippen LogP contribution in [0.5, 0.6) is 5.75 Å². The summed E-state index contributed by atoms with van der Waals surface area (Å²) < 4.78 is 75.8. The number of carbonyl (C=O) groups is 2. The van der Waals surface area contributed by atoms with E-state index < -0.39 is 51.9 Å².